The van der Waals surface area contributed by atoms with Crippen molar-refractivity contribution in [3.8, 4) is 0 Å². The smallest absolute Gasteiger partial charge is 0.326 e. The predicted molar refractivity (Wildman–Crippen MR) is 77.2 cm³/mol. The summed E-state index contributed by atoms with van der Waals surface area (Å²) in [6, 6.07) is 1.23. The zero-order valence-corrected chi connectivity index (χ0v) is 12.5. The highest BCUT2D eigenvalue weighted by Gasteiger charge is 2.41. The summed E-state index contributed by atoms with van der Waals surface area (Å²) in [5.41, 5.74) is 1.02. The third kappa shape index (κ3) is 3.12. The van der Waals surface area contributed by atoms with Crippen LogP contribution in [0.2, 0.25) is 0 Å². The fourth-order valence-electron chi connectivity index (χ4n) is 2.23. The molecule has 2 unspecified atom stereocenters. The third-order valence-corrected chi connectivity index (χ3v) is 4.98. The van der Waals surface area contributed by atoms with Crippen LogP contribution in [0.4, 0.5) is 0 Å². The molecular formula is C13H17NO3S2. The number of nitrogens with zero attached hydrogens (tertiary/aromatic N) is 1. The van der Waals surface area contributed by atoms with E-state index in [1.807, 2.05) is 30.7 Å². The van der Waals surface area contributed by atoms with E-state index in [0.717, 1.165) is 5.56 Å². The lowest BCUT2D eigenvalue weighted by Gasteiger charge is -2.30. The molecule has 1 saturated heterocycles. The first kappa shape index (κ1) is 14.4. The van der Waals surface area contributed by atoms with Crippen molar-refractivity contribution in [3.63, 3.8) is 0 Å². The molecule has 1 amide bonds. The molecule has 0 radical (unpaired) electrons. The zero-order chi connectivity index (χ0) is 14.0. The fraction of sp³-hybridized carbons (Fsp3) is 0.538. The van der Waals surface area contributed by atoms with Crippen LogP contribution in [-0.2, 0) is 9.59 Å². The number of amides is 1. The van der Waals surface area contributed by atoms with E-state index < -0.39 is 12.0 Å². The molecule has 1 aromatic rings. The maximum absolute atomic E-state index is 12.1. The highest BCUT2D eigenvalue weighted by molar-refractivity contribution is 8.00. The zero-order valence-electron chi connectivity index (χ0n) is 10.9. The van der Waals surface area contributed by atoms with E-state index in [9.17, 15) is 14.7 Å². The Labute approximate surface area is 120 Å². The molecule has 0 aromatic carbocycles. The van der Waals surface area contributed by atoms with Crippen molar-refractivity contribution in [1.82, 2.24) is 4.90 Å². The van der Waals surface area contributed by atoms with E-state index in [0.29, 0.717) is 12.2 Å². The molecule has 2 atom stereocenters. The Bertz CT molecular complexity index is 458. The average Bonchev–Trinajstić information content (AvgIpc) is 2.94. The molecule has 0 saturated carbocycles. The molecule has 0 spiro atoms. The molecule has 2 rings (SSSR count). The summed E-state index contributed by atoms with van der Waals surface area (Å²) >= 11 is 3.07. The molecule has 104 valence electrons. The standard InChI is InChI=1S/C13H17NO3S2/c1-8(2)5-10(13(16)17)14-11(15)7-19-12(14)9-3-4-18-6-9/h3-4,6,8,10,12H,5,7H2,1-2H3,(H,16,17). The van der Waals surface area contributed by atoms with Crippen molar-refractivity contribution >= 4 is 35.0 Å². The van der Waals surface area contributed by atoms with Gasteiger partial charge in [-0.3, -0.25) is 4.79 Å². The SMILES string of the molecule is CC(C)CC(C(=O)O)N1C(=O)CSC1c1ccsc1. The Hall–Kier alpha value is -1.01. The molecule has 1 aliphatic rings. The molecule has 19 heavy (non-hydrogen) atoms. The molecule has 1 N–H and O–H groups in total. The Kier molecular flexibility index (Phi) is 4.52. The Morgan fingerprint density at radius 3 is 2.84 bits per heavy atom. The lowest BCUT2D eigenvalue weighted by Crippen LogP contribution is -2.44. The van der Waals surface area contributed by atoms with Gasteiger partial charge in [-0.1, -0.05) is 13.8 Å². The molecule has 6 heteroatoms. The van der Waals surface area contributed by atoms with E-state index in [1.54, 1.807) is 16.2 Å². The van der Waals surface area contributed by atoms with Crippen molar-refractivity contribution in [2.75, 3.05) is 5.75 Å². The van der Waals surface area contributed by atoms with Gasteiger partial charge >= 0.3 is 5.97 Å². The van der Waals surface area contributed by atoms with Crippen molar-refractivity contribution < 1.29 is 14.7 Å². The second-order valence-electron chi connectivity index (χ2n) is 5.00. The molecule has 1 fully saturated rings. The summed E-state index contributed by atoms with van der Waals surface area (Å²) in [6.07, 6.45) is 0.488. The van der Waals surface area contributed by atoms with Crippen molar-refractivity contribution in [1.29, 1.82) is 0 Å². The van der Waals surface area contributed by atoms with Crippen LogP contribution >= 0.6 is 23.1 Å². The van der Waals surface area contributed by atoms with Crippen molar-refractivity contribution in [2.24, 2.45) is 5.92 Å². The third-order valence-electron chi connectivity index (χ3n) is 3.05. The Balaban J connectivity index is 2.26. The highest BCUT2D eigenvalue weighted by atomic mass is 32.2. The minimum Gasteiger partial charge on any atom is -0.480 e. The number of hydrogen-bond acceptors (Lipinski definition) is 4. The first-order valence-electron chi connectivity index (χ1n) is 6.18. The number of carbonyl (C=O) groups excluding carboxylic acids is 1. The van der Waals surface area contributed by atoms with Gasteiger partial charge in [0, 0.05) is 0 Å². The van der Waals surface area contributed by atoms with E-state index in [-0.39, 0.29) is 17.2 Å². The average molecular weight is 299 g/mol. The number of thioether (sulfide) groups is 1. The summed E-state index contributed by atoms with van der Waals surface area (Å²) in [5.74, 6) is -0.385. The summed E-state index contributed by atoms with van der Waals surface area (Å²) in [6.45, 7) is 3.95. The minimum absolute atomic E-state index is 0.0748. The highest BCUT2D eigenvalue weighted by Crippen LogP contribution is 2.41. The maximum atomic E-state index is 12.1. The van der Waals surface area contributed by atoms with E-state index >= 15 is 0 Å². The minimum atomic E-state index is -0.912. The lowest BCUT2D eigenvalue weighted by atomic mass is 10.0. The summed E-state index contributed by atoms with van der Waals surface area (Å²) < 4.78 is 0. The van der Waals surface area contributed by atoms with Crippen LogP contribution < -0.4 is 0 Å². The monoisotopic (exact) mass is 299 g/mol. The molecular weight excluding hydrogens is 282 g/mol. The van der Waals surface area contributed by atoms with Crippen LogP contribution in [0, 0.1) is 5.92 Å². The summed E-state index contributed by atoms with van der Waals surface area (Å²) in [5, 5.41) is 13.2. The second kappa shape index (κ2) is 5.96. The van der Waals surface area contributed by atoms with Gasteiger partial charge in [-0.15, -0.1) is 11.8 Å². The molecule has 1 aromatic heterocycles. The summed E-state index contributed by atoms with van der Waals surface area (Å²) in [7, 11) is 0. The van der Waals surface area contributed by atoms with E-state index in [4.69, 9.17) is 0 Å². The maximum Gasteiger partial charge on any atom is 0.326 e. The van der Waals surface area contributed by atoms with Gasteiger partial charge < -0.3 is 10.0 Å². The molecule has 0 bridgehead atoms. The van der Waals surface area contributed by atoms with Gasteiger partial charge in [0.15, 0.2) is 0 Å². The van der Waals surface area contributed by atoms with Gasteiger partial charge in [0.25, 0.3) is 0 Å². The van der Waals surface area contributed by atoms with Crippen molar-refractivity contribution in [2.45, 2.75) is 31.7 Å². The van der Waals surface area contributed by atoms with Crippen LogP contribution in [0.1, 0.15) is 31.2 Å². The number of hydrogen-bond donors (Lipinski definition) is 1. The van der Waals surface area contributed by atoms with E-state index in [1.165, 1.54) is 11.8 Å². The van der Waals surface area contributed by atoms with Gasteiger partial charge in [0.05, 0.1) is 5.75 Å². The first-order valence-corrected chi connectivity index (χ1v) is 8.17. The van der Waals surface area contributed by atoms with Crippen LogP contribution in [0.3, 0.4) is 0 Å². The normalized spacial score (nSPS) is 21.1. The molecule has 2 heterocycles. The largest absolute Gasteiger partial charge is 0.480 e. The molecule has 0 aliphatic carbocycles. The number of carboxylic acid groups (broad SMARTS) is 1. The van der Waals surface area contributed by atoms with Crippen LogP contribution in [-0.4, -0.2) is 33.7 Å². The van der Waals surface area contributed by atoms with Gasteiger partial charge in [-0.05, 0) is 34.7 Å². The van der Waals surface area contributed by atoms with Gasteiger partial charge in [-0.25, -0.2) is 4.79 Å². The lowest BCUT2D eigenvalue weighted by molar-refractivity contribution is -0.150. The Morgan fingerprint density at radius 2 is 2.32 bits per heavy atom. The van der Waals surface area contributed by atoms with Gasteiger partial charge in [0.2, 0.25) is 5.91 Å². The molecule has 1 aliphatic heterocycles. The number of thiophene rings is 1. The number of carbonyl (C=O) groups is 2. The van der Waals surface area contributed by atoms with Crippen LogP contribution in [0.15, 0.2) is 16.8 Å². The number of rotatable bonds is 5. The molecule has 4 nitrogen and oxygen atoms in total. The van der Waals surface area contributed by atoms with Crippen LogP contribution in [0.5, 0.6) is 0 Å². The van der Waals surface area contributed by atoms with Crippen molar-refractivity contribution in [3.05, 3.63) is 22.4 Å². The second-order valence-corrected chi connectivity index (χ2v) is 6.85. The Morgan fingerprint density at radius 1 is 1.58 bits per heavy atom. The quantitative estimate of drug-likeness (QED) is 0.908. The fourth-order valence-corrected chi connectivity index (χ4v) is 4.20. The van der Waals surface area contributed by atoms with Gasteiger partial charge in [0.1, 0.15) is 11.4 Å². The van der Waals surface area contributed by atoms with E-state index in [2.05, 4.69) is 0 Å². The van der Waals surface area contributed by atoms with Gasteiger partial charge in [-0.2, -0.15) is 11.3 Å². The topological polar surface area (TPSA) is 57.6 Å². The number of aliphatic carboxylic acids is 1. The first-order chi connectivity index (χ1) is 9.00. The number of carboxylic acids is 1. The predicted octanol–water partition coefficient (Wildman–Crippen LogP) is 2.82. The van der Waals surface area contributed by atoms with Crippen LogP contribution in [0.25, 0.3) is 0 Å². The summed E-state index contributed by atoms with van der Waals surface area (Å²) in [4.78, 5) is 25.1.